The van der Waals surface area contributed by atoms with Crippen LogP contribution in [-0.4, -0.2) is 9.55 Å². The number of imidazole rings is 1. The van der Waals surface area contributed by atoms with Gasteiger partial charge >= 0.3 is 0 Å². The number of alkyl halides is 1. The molecule has 0 saturated carbocycles. The molecule has 3 rings (SSSR count). The van der Waals surface area contributed by atoms with E-state index < -0.39 is 0 Å². The first-order valence-electron chi connectivity index (χ1n) is 5.78. The topological polar surface area (TPSA) is 17.8 Å². The first kappa shape index (κ1) is 14.0. The van der Waals surface area contributed by atoms with Crippen molar-refractivity contribution < 1.29 is 0 Å². The maximum atomic E-state index is 6.28. The number of hydrogen-bond donors (Lipinski definition) is 0. The van der Waals surface area contributed by atoms with E-state index in [1.54, 1.807) is 18.2 Å². The number of nitrogens with zero attached hydrogens (tertiary/aromatic N) is 2. The van der Waals surface area contributed by atoms with Crippen LogP contribution in [-0.2, 0) is 5.88 Å². The Kier molecular flexibility index (Phi) is 3.83. The molecule has 1 heterocycles. The molecule has 0 N–H and O–H groups in total. The van der Waals surface area contributed by atoms with Crippen LogP contribution in [0.3, 0.4) is 0 Å². The van der Waals surface area contributed by atoms with Crippen molar-refractivity contribution >= 4 is 57.4 Å². The maximum absolute atomic E-state index is 6.28. The summed E-state index contributed by atoms with van der Waals surface area (Å²) in [5.74, 6) is 0.971. The second-order valence-electron chi connectivity index (χ2n) is 4.23. The molecule has 0 saturated heterocycles. The van der Waals surface area contributed by atoms with Gasteiger partial charge in [-0.25, -0.2) is 4.98 Å². The molecule has 0 amide bonds. The molecule has 0 fully saturated rings. The Morgan fingerprint density at radius 2 is 1.65 bits per heavy atom. The second kappa shape index (κ2) is 5.45. The number of benzene rings is 2. The van der Waals surface area contributed by atoms with Crippen molar-refractivity contribution in [3.8, 4) is 5.69 Å². The van der Waals surface area contributed by atoms with Crippen molar-refractivity contribution in [1.82, 2.24) is 9.55 Å². The molecule has 0 radical (unpaired) electrons. The summed E-state index contributed by atoms with van der Waals surface area (Å²) in [5, 5.41) is 1.75. The average Bonchev–Trinajstić information content (AvgIpc) is 2.76. The van der Waals surface area contributed by atoms with Gasteiger partial charge in [0.05, 0.1) is 27.6 Å². The van der Waals surface area contributed by atoms with Crippen LogP contribution in [0.2, 0.25) is 15.1 Å². The third-order valence-corrected chi connectivity index (χ3v) is 3.97. The third kappa shape index (κ3) is 2.38. The molecule has 0 atom stereocenters. The molecule has 20 heavy (non-hydrogen) atoms. The zero-order valence-corrected chi connectivity index (χ0v) is 13.1. The van der Waals surface area contributed by atoms with Crippen LogP contribution in [0.25, 0.3) is 16.7 Å². The summed E-state index contributed by atoms with van der Waals surface area (Å²) < 4.78 is 1.91. The quantitative estimate of drug-likeness (QED) is 0.543. The van der Waals surface area contributed by atoms with Crippen molar-refractivity contribution in [2.24, 2.45) is 0 Å². The number of rotatable bonds is 2. The molecular weight excluding hydrogens is 338 g/mol. The minimum atomic E-state index is 0.269. The average molecular weight is 346 g/mol. The molecule has 1 aromatic heterocycles. The van der Waals surface area contributed by atoms with Gasteiger partial charge in [0.1, 0.15) is 5.82 Å². The van der Waals surface area contributed by atoms with E-state index in [9.17, 15) is 0 Å². The van der Waals surface area contributed by atoms with Crippen LogP contribution in [0.15, 0.2) is 36.4 Å². The Bertz CT molecular complexity index is 795. The summed E-state index contributed by atoms with van der Waals surface area (Å²) in [5.41, 5.74) is 2.46. The SMILES string of the molecule is ClCc1nc2cc(Cl)ccc2n1-c1ccc(Cl)cc1Cl. The van der Waals surface area contributed by atoms with E-state index in [1.165, 1.54) is 0 Å². The molecule has 0 aliphatic heterocycles. The lowest BCUT2D eigenvalue weighted by atomic mass is 10.2. The highest BCUT2D eigenvalue weighted by Crippen LogP contribution is 2.30. The van der Waals surface area contributed by atoms with E-state index >= 15 is 0 Å². The molecule has 6 heteroatoms. The van der Waals surface area contributed by atoms with Crippen molar-refractivity contribution in [2.45, 2.75) is 5.88 Å². The van der Waals surface area contributed by atoms with Crippen molar-refractivity contribution in [1.29, 1.82) is 0 Å². The standard InChI is InChI=1S/C14H8Cl4N2/c15-7-14-19-11-6-9(17)2-4-13(11)20(14)12-3-1-8(16)5-10(12)18/h1-6H,7H2. The number of hydrogen-bond acceptors (Lipinski definition) is 1. The van der Waals surface area contributed by atoms with Gasteiger partial charge in [-0.1, -0.05) is 34.8 Å². The lowest BCUT2D eigenvalue weighted by molar-refractivity contribution is 0.982. The highest BCUT2D eigenvalue weighted by molar-refractivity contribution is 6.36. The molecule has 3 aromatic rings. The molecule has 0 bridgehead atoms. The second-order valence-corrected chi connectivity index (χ2v) is 5.77. The summed E-state index contributed by atoms with van der Waals surface area (Å²) >= 11 is 24.2. The van der Waals surface area contributed by atoms with Crippen LogP contribution >= 0.6 is 46.4 Å². The van der Waals surface area contributed by atoms with Crippen molar-refractivity contribution in [3.05, 3.63) is 57.3 Å². The fourth-order valence-corrected chi connectivity index (χ4v) is 2.96. The van der Waals surface area contributed by atoms with E-state index in [1.807, 2.05) is 22.8 Å². The molecule has 2 aromatic carbocycles. The number of fused-ring (bicyclic) bond motifs is 1. The lowest BCUT2D eigenvalue weighted by Crippen LogP contribution is -2.00. The fourth-order valence-electron chi connectivity index (χ4n) is 2.12. The van der Waals surface area contributed by atoms with Crippen molar-refractivity contribution in [2.75, 3.05) is 0 Å². The van der Waals surface area contributed by atoms with E-state index in [0.717, 1.165) is 16.7 Å². The molecule has 2 nitrogen and oxygen atoms in total. The Hall–Kier alpha value is -0.930. The van der Waals surface area contributed by atoms with E-state index in [0.29, 0.717) is 20.9 Å². The van der Waals surface area contributed by atoms with Gasteiger partial charge in [0.25, 0.3) is 0 Å². The van der Waals surface area contributed by atoms with Gasteiger partial charge in [0.15, 0.2) is 0 Å². The summed E-state index contributed by atoms with van der Waals surface area (Å²) in [7, 11) is 0. The van der Waals surface area contributed by atoms with E-state index in [4.69, 9.17) is 46.4 Å². The van der Waals surface area contributed by atoms with Crippen LogP contribution in [0.5, 0.6) is 0 Å². The zero-order chi connectivity index (χ0) is 14.3. The smallest absolute Gasteiger partial charge is 0.129 e. The molecule has 0 unspecified atom stereocenters. The van der Waals surface area contributed by atoms with Gasteiger partial charge in [0.2, 0.25) is 0 Å². The van der Waals surface area contributed by atoms with Crippen molar-refractivity contribution in [3.63, 3.8) is 0 Å². The monoisotopic (exact) mass is 344 g/mol. The summed E-state index contributed by atoms with van der Waals surface area (Å²) in [6, 6.07) is 10.8. The van der Waals surface area contributed by atoms with Crippen LogP contribution in [0, 0.1) is 0 Å². The zero-order valence-electron chi connectivity index (χ0n) is 10.1. The van der Waals surface area contributed by atoms with Gasteiger partial charge in [-0.3, -0.25) is 4.57 Å². The van der Waals surface area contributed by atoms with Gasteiger partial charge in [0, 0.05) is 10.0 Å². The highest BCUT2D eigenvalue weighted by atomic mass is 35.5. The molecule has 0 aliphatic carbocycles. The number of aromatic nitrogens is 2. The number of halogens is 4. The third-order valence-electron chi connectivity index (χ3n) is 2.96. The van der Waals surface area contributed by atoms with E-state index in [-0.39, 0.29) is 5.88 Å². The van der Waals surface area contributed by atoms with Gasteiger partial charge in [-0.05, 0) is 36.4 Å². The molecule has 0 aliphatic rings. The summed E-state index contributed by atoms with van der Waals surface area (Å²) in [4.78, 5) is 4.49. The summed E-state index contributed by atoms with van der Waals surface area (Å²) in [6.07, 6.45) is 0. The normalized spacial score (nSPS) is 11.2. The lowest BCUT2D eigenvalue weighted by Gasteiger charge is -2.10. The molecule has 0 spiro atoms. The predicted octanol–water partition coefficient (Wildman–Crippen LogP) is 5.72. The minimum Gasteiger partial charge on any atom is -0.294 e. The molecular formula is C14H8Cl4N2. The molecule has 102 valence electrons. The Morgan fingerprint density at radius 3 is 2.35 bits per heavy atom. The maximum Gasteiger partial charge on any atom is 0.129 e. The Balaban J connectivity index is 2.34. The van der Waals surface area contributed by atoms with Gasteiger partial charge in [-0.15, -0.1) is 11.6 Å². The predicted molar refractivity (Wildman–Crippen MR) is 85.7 cm³/mol. The minimum absolute atomic E-state index is 0.269. The fraction of sp³-hybridized carbons (Fsp3) is 0.0714. The summed E-state index contributed by atoms with van der Waals surface area (Å²) in [6.45, 7) is 0. The van der Waals surface area contributed by atoms with Gasteiger partial charge in [-0.2, -0.15) is 0 Å². The van der Waals surface area contributed by atoms with E-state index in [2.05, 4.69) is 4.98 Å². The van der Waals surface area contributed by atoms with Crippen LogP contribution < -0.4 is 0 Å². The van der Waals surface area contributed by atoms with Crippen LogP contribution in [0.4, 0.5) is 0 Å². The van der Waals surface area contributed by atoms with Gasteiger partial charge < -0.3 is 0 Å². The first-order chi connectivity index (χ1) is 9.60. The highest BCUT2D eigenvalue weighted by Gasteiger charge is 2.14. The largest absolute Gasteiger partial charge is 0.294 e. The first-order valence-corrected chi connectivity index (χ1v) is 7.45. The Labute approximate surface area is 135 Å². The van der Waals surface area contributed by atoms with Crippen LogP contribution in [0.1, 0.15) is 5.82 Å². The Morgan fingerprint density at radius 1 is 0.950 bits per heavy atom.